The quantitative estimate of drug-likeness (QED) is 0.0263. The Kier molecular flexibility index (Phi) is 46.9. The van der Waals surface area contributed by atoms with E-state index in [-0.39, 0.29) is 31.1 Å². The monoisotopic (exact) mass is 841 g/mol. The standard InChI is InChI=1S/C54H96O6/c1-4-7-10-13-16-19-22-25-26-27-28-30-32-35-38-41-44-47-53(56)59-50-51(49-58-52(55)46-43-40-37-34-31-24-21-18-15-12-9-6-3)60-54(57)48-45-42-39-36-33-29-23-20-17-14-11-8-5-2/h16,18-19,21,25-26,29,33,51H,4-15,17,20,22-24,27-28,30-32,34-50H2,1-3H3/b19-16-,21-18-,26-25-,33-29-. The smallest absolute Gasteiger partial charge is 0.306 e. The van der Waals surface area contributed by atoms with E-state index in [4.69, 9.17) is 14.2 Å². The Morgan fingerprint density at radius 1 is 0.333 bits per heavy atom. The number of carbonyl (C=O) groups excluding carboxylic acids is 3. The largest absolute Gasteiger partial charge is 0.462 e. The number of rotatable bonds is 46. The van der Waals surface area contributed by atoms with Crippen LogP contribution in [0.25, 0.3) is 0 Å². The first-order valence-corrected chi connectivity index (χ1v) is 25.6. The van der Waals surface area contributed by atoms with Crippen molar-refractivity contribution in [3.63, 3.8) is 0 Å². The maximum atomic E-state index is 12.8. The summed E-state index contributed by atoms with van der Waals surface area (Å²) in [5, 5.41) is 0. The van der Waals surface area contributed by atoms with Crippen molar-refractivity contribution < 1.29 is 28.6 Å². The number of unbranched alkanes of at least 4 members (excludes halogenated alkanes) is 27. The van der Waals surface area contributed by atoms with Crippen LogP contribution in [0.4, 0.5) is 0 Å². The van der Waals surface area contributed by atoms with Crippen molar-refractivity contribution in [1.82, 2.24) is 0 Å². The third-order valence-electron chi connectivity index (χ3n) is 11.0. The molecule has 0 spiro atoms. The number of carbonyl (C=O) groups is 3. The van der Waals surface area contributed by atoms with Crippen LogP contribution in [0.5, 0.6) is 0 Å². The Morgan fingerprint density at radius 2 is 0.600 bits per heavy atom. The van der Waals surface area contributed by atoms with Crippen molar-refractivity contribution in [3.05, 3.63) is 48.6 Å². The highest BCUT2D eigenvalue weighted by Crippen LogP contribution is 2.14. The zero-order valence-corrected chi connectivity index (χ0v) is 39.7. The summed E-state index contributed by atoms with van der Waals surface area (Å²) in [5.41, 5.74) is 0. The van der Waals surface area contributed by atoms with E-state index in [0.29, 0.717) is 19.3 Å². The normalized spacial score (nSPS) is 12.4. The molecule has 0 aromatic rings. The van der Waals surface area contributed by atoms with E-state index < -0.39 is 6.10 Å². The van der Waals surface area contributed by atoms with Crippen LogP contribution >= 0.6 is 0 Å². The molecular weight excluding hydrogens is 745 g/mol. The van der Waals surface area contributed by atoms with Crippen molar-refractivity contribution in [3.8, 4) is 0 Å². The molecule has 0 aliphatic rings. The molecule has 0 aromatic carbocycles. The Hall–Kier alpha value is -2.63. The molecule has 0 amide bonds. The molecule has 0 aliphatic carbocycles. The molecule has 1 atom stereocenters. The number of allylic oxidation sites excluding steroid dienone is 8. The summed E-state index contributed by atoms with van der Waals surface area (Å²) in [6, 6.07) is 0. The minimum absolute atomic E-state index is 0.0853. The number of hydrogen-bond acceptors (Lipinski definition) is 6. The molecule has 0 rings (SSSR count). The molecule has 0 aliphatic heterocycles. The van der Waals surface area contributed by atoms with Gasteiger partial charge in [-0.1, -0.05) is 185 Å². The van der Waals surface area contributed by atoms with Gasteiger partial charge in [-0.15, -0.1) is 0 Å². The molecule has 0 fully saturated rings. The van der Waals surface area contributed by atoms with E-state index in [2.05, 4.69) is 69.4 Å². The fraction of sp³-hybridized carbons (Fsp3) is 0.796. The summed E-state index contributed by atoms with van der Waals surface area (Å²) in [6.45, 7) is 6.56. The van der Waals surface area contributed by atoms with Gasteiger partial charge >= 0.3 is 17.9 Å². The van der Waals surface area contributed by atoms with Gasteiger partial charge in [-0.25, -0.2) is 0 Å². The van der Waals surface area contributed by atoms with Gasteiger partial charge in [0, 0.05) is 19.3 Å². The van der Waals surface area contributed by atoms with E-state index in [1.807, 2.05) is 0 Å². The highest BCUT2D eigenvalue weighted by Gasteiger charge is 2.19. The average Bonchev–Trinajstić information content (AvgIpc) is 3.24. The summed E-state index contributed by atoms with van der Waals surface area (Å²) in [7, 11) is 0. The summed E-state index contributed by atoms with van der Waals surface area (Å²) < 4.78 is 16.8. The van der Waals surface area contributed by atoms with Crippen LogP contribution in [0.2, 0.25) is 0 Å². The summed E-state index contributed by atoms with van der Waals surface area (Å²) in [5.74, 6) is -0.913. The summed E-state index contributed by atoms with van der Waals surface area (Å²) in [4.78, 5) is 37.9. The van der Waals surface area contributed by atoms with Gasteiger partial charge in [0.05, 0.1) is 0 Å². The number of esters is 3. The van der Waals surface area contributed by atoms with Gasteiger partial charge < -0.3 is 14.2 Å². The molecule has 6 heteroatoms. The van der Waals surface area contributed by atoms with Crippen molar-refractivity contribution >= 4 is 17.9 Å². The van der Waals surface area contributed by atoms with Crippen LogP contribution in [-0.2, 0) is 28.6 Å². The van der Waals surface area contributed by atoms with Gasteiger partial charge in [-0.2, -0.15) is 0 Å². The molecule has 1 unspecified atom stereocenters. The number of hydrogen-bond donors (Lipinski definition) is 0. The number of ether oxygens (including phenoxy) is 3. The van der Waals surface area contributed by atoms with Gasteiger partial charge in [-0.3, -0.25) is 14.4 Å². The predicted molar refractivity (Wildman–Crippen MR) is 256 cm³/mol. The first kappa shape index (κ1) is 57.4. The molecule has 60 heavy (non-hydrogen) atoms. The Bertz CT molecular complexity index is 1060. The molecule has 0 radical (unpaired) electrons. The second-order valence-electron chi connectivity index (χ2n) is 17.1. The molecule has 0 saturated carbocycles. The molecule has 0 saturated heterocycles. The topological polar surface area (TPSA) is 78.9 Å². The zero-order chi connectivity index (χ0) is 43.7. The molecule has 6 nitrogen and oxygen atoms in total. The van der Waals surface area contributed by atoms with Crippen molar-refractivity contribution in [2.45, 2.75) is 264 Å². The molecule has 0 aromatic heterocycles. The third kappa shape index (κ3) is 46.4. The first-order chi connectivity index (χ1) is 29.5. The fourth-order valence-electron chi connectivity index (χ4n) is 7.11. The second-order valence-corrected chi connectivity index (χ2v) is 17.1. The molecule has 0 bridgehead atoms. The second kappa shape index (κ2) is 49.0. The van der Waals surface area contributed by atoms with Crippen LogP contribution in [0.1, 0.15) is 258 Å². The highest BCUT2D eigenvalue weighted by molar-refractivity contribution is 5.71. The van der Waals surface area contributed by atoms with E-state index in [9.17, 15) is 14.4 Å². The lowest BCUT2D eigenvalue weighted by Gasteiger charge is -2.18. The van der Waals surface area contributed by atoms with Gasteiger partial charge in [0.1, 0.15) is 13.2 Å². The molecule has 348 valence electrons. The Labute approximate surface area is 371 Å². The Morgan fingerprint density at radius 3 is 0.983 bits per heavy atom. The van der Waals surface area contributed by atoms with Crippen LogP contribution in [-0.4, -0.2) is 37.2 Å². The lowest BCUT2D eigenvalue weighted by molar-refractivity contribution is -0.167. The summed E-state index contributed by atoms with van der Waals surface area (Å²) >= 11 is 0. The van der Waals surface area contributed by atoms with E-state index in [0.717, 1.165) is 89.9 Å². The Balaban J connectivity index is 4.39. The lowest BCUT2D eigenvalue weighted by Crippen LogP contribution is -2.30. The summed E-state index contributed by atoms with van der Waals surface area (Å²) in [6.07, 6.45) is 58.0. The van der Waals surface area contributed by atoms with Crippen molar-refractivity contribution in [1.29, 1.82) is 0 Å². The van der Waals surface area contributed by atoms with Crippen LogP contribution in [0.15, 0.2) is 48.6 Å². The lowest BCUT2D eigenvalue weighted by atomic mass is 10.1. The van der Waals surface area contributed by atoms with E-state index in [1.165, 1.54) is 128 Å². The van der Waals surface area contributed by atoms with E-state index >= 15 is 0 Å². The van der Waals surface area contributed by atoms with Gasteiger partial charge in [0.15, 0.2) is 6.10 Å². The van der Waals surface area contributed by atoms with E-state index in [1.54, 1.807) is 0 Å². The van der Waals surface area contributed by atoms with Crippen LogP contribution in [0, 0.1) is 0 Å². The molecular formula is C54H96O6. The average molecular weight is 841 g/mol. The van der Waals surface area contributed by atoms with Gasteiger partial charge in [0.2, 0.25) is 0 Å². The first-order valence-electron chi connectivity index (χ1n) is 25.6. The van der Waals surface area contributed by atoms with Gasteiger partial charge in [0.25, 0.3) is 0 Å². The molecule has 0 heterocycles. The van der Waals surface area contributed by atoms with Crippen LogP contribution in [0.3, 0.4) is 0 Å². The third-order valence-corrected chi connectivity index (χ3v) is 11.0. The van der Waals surface area contributed by atoms with Gasteiger partial charge in [-0.05, 0) is 103 Å². The highest BCUT2D eigenvalue weighted by atomic mass is 16.6. The van der Waals surface area contributed by atoms with Crippen LogP contribution < -0.4 is 0 Å². The van der Waals surface area contributed by atoms with Crippen molar-refractivity contribution in [2.75, 3.05) is 13.2 Å². The predicted octanol–water partition coefficient (Wildman–Crippen LogP) is 16.7. The SMILES string of the molecule is CCCCC/C=C\C/C=C\CCCCCCCCCC(=O)OCC(COC(=O)CCCCCCC/C=C\CCCCC)OC(=O)CCCCC/C=C\CCCCCCCC. The maximum absolute atomic E-state index is 12.8. The zero-order valence-electron chi connectivity index (χ0n) is 39.7. The maximum Gasteiger partial charge on any atom is 0.306 e. The van der Waals surface area contributed by atoms with Crippen molar-refractivity contribution in [2.24, 2.45) is 0 Å². The minimum Gasteiger partial charge on any atom is -0.462 e. The minimum atomic E-state index is -0.785. The fourth-order valence-corrected chi connectivity index (χ4v) is 7.11. The molecule has 0 N–H and O–H groups in total.